The van der Waals surface area contributed by atoms with Crippen molar-refractivity contribution in [3.8, 4) is 16.9 Å². The second kappa shape index (κ2) is 9.42. The summed E-state index contributed by atoms with van der Waals surface area (Å²) >= 11 is 0. The molecule has 1 amide bonds. The molecule has 0 fully saturated rings. The van der Waals surface area contributed by atoms with E-state index in [1.165, 1.54) is 6.07 Å². The molecule has 0 radical (unpaired) electrons. The lowest BCUT2D eigenvalue weighted by Gasteiger charge is -2.15. The predicted molar refractivity (Wildman–Crippen MR) is 110 cm³/mol. The van der Waals surface area contributed by atoms with Crippen LogP contribution in [0.2, 0.25) is 0 Å². The molecule has 3 rings (SSSR count). The molecule has 3 aromatic rings. The SMILES string of the molecule is CCOc1ccc(NC(=O)CC(=O)c2cccc(-c3cccnc3)c2)cc1C(F)(F)F. The third-order valence-electron chi connectivity index (χ3n) is 4.37. The molecule has 0 aliphatic heterocycles. The van der Waals surface area contributed by atoms with Gasteiger partial charge < -0.3 is 10.1 Å². The average Bonchev–Trinajstić information content (AvgIpc) is 2.75. The number of nitrogens with one attached hydrogen (secondary N) is 1. The van der Waals surface area contributed by atoms with E-state index in [0.717, 1.165) is 23.3 Å². The maximum atomic E-state index is 13.2. The van der Waals surface area contributed by atoms with Gasteiger partial charge in [-0.05, 0) is 42.8 Å². The molecule has 160 valence electrons. The lowest BCUT2D eigenvalue weighted by atomic mass is 10.0. The van der Waals surface area contributed by atoms with Crippen LogP contribution in [0.15, 0.2) is 67.0 Å². The Morgan fingerprint density at radius 2 is 1.81 bits per heavy atom. The Balaban J connectivity index is 1.72. The van der Waals surface area contributed by atoms with Crippen LogP contribution in [0.25, 0.3) is 11.1 Å². The molecule has 0 bridgehead atoms. The van der Waals surface area contributed by atoms with E-state index in [4.69, 9.17) is 4.74 Å². The van der Waals surface area contributed by atoms with Crippen molar-refractivity contribution < 1.29 is 27.5 Å². The Kier molecular flexibility index (Phi) is 6.69. The highest BCUT2D eigenvalue weighted by molar-refractivity contribution is 6.11. The molecule has 0 aliphatic rings. The molecule has 0 atom stereocenters. The molecule has 2 aromatic carbocycles. The maximum Gasteiger partial charge on any atom is 0.420 e. The second-order valence-electron chi connectivity index (χ2n) is 6.61. The monoisotopic (exact) mass is 428 g/mol. The first-order valence-electron chi connectivity index (χ1n) is 9.45. The number of halogens is 3. The number of aromatic nitrogens is 1. The highest BCUT2D eigenvalue weighted by atomic mass is 19.4. The van der Waals surface area contributed by atoms with E-state index in [0.29, 0.717) is 5.56 Å². The normalized spacial score (nSPS) is 11.1. The molecule has 5 nitrogen and oxygen atoms in total. The van der Waals surface area contributed by atoms with Gasteiger partial charge in [0.25, 0.3) is 0 Å². The molecule has 0 unspecified atom stereocenters. The second-order valence-corrected chi connectivity index (χ2v) is 6.61. The fraction of sp³-hybridized carbons (Fsp3) is 0.174. The zero-order valence-electron chi connectivity index (χ0n) is 16.6. The third-order valence-corrected chi connectivity index (χ3v) is 4.37. The quantitative estimate of drug-likeness (QED) is 0.405. The molecule has 0 saturated carbocycles. The molecule has 8 heteroatoms. The first kappa shape index (κ1) is 22.0. The Morgan fingerprint density at radius 3 is 2.48 bits per heavy atom. The first-order valence-corrected chi connectivity index (χ1v) is 9.45. The maximum absolute atomic E-state index is 13.2. The van der Waals surface area contributed by atoms with Crippen molar-refractivity contribution in [1.82, 2.24) is 4.98 Å². The summed E-state index contributed by atoms with van der Waals surface area (Å²) in [5.41, 5.74) is 0.830. The largest absolute Gasteiger partial charge is 0.493 e. The Bertz CT molecular complexity index is 1080. The zero-order chi connectivity index (χ0) is 22.4. The van der Waals surface area contributed by atoms with E-state index in [-0.39, 0.29) is 18.0 Å². The van der Waals surface area contributed by atoms with Crippen molar-refractivity contribution in [1.29, 1.82) is 0 Å². The van der Waals surface area contributed by atoms with E-state index >= 15 is 0 Å². The van der Waals surface area contributed by atoms with Crippen LogP contribution in [0.5, 0.6) is 5.75 Å². The van der Waals surface area contributed by atoms with Gasteiger partial charge in [-0.2, -0.15) is 13.2 Å². The summed E-state index contributed by atoms with van der Waals surface area (Å²) in [5.74, 6) is -1.49. The Hall–Kier alpha value is -3.68. The fourth-order valence-electron chi connectivity index (χ4n) is 2.97. The molecule has 0 aliphatic carbocycles. The number of carbonyl (C=O) groups excluding carboxylic acids is 2. The molecular formula is C23H19F3N2O3. The summed E-state index contributed by atoms with van der Waals surface area (Å²) in [6.45, 7) is 1.64. The van der Waals surface area contributed by atoms with Crippen molar-refractivity contribution in [3.05, 3.63) is 78.1 Å². The minimum Gasteiger partial charge on any atom is -0.493 e. The molecular weight excluding hydrogens is 409 g/mol. The summed E-state index contributed by atoms with van der Waals surface area (Å²) < 4.78 is 44.7. The van der Waals surface area contributed by atoms with Crippen LogP contribution in [-0.4, -0.2) is 23.3 Å². The lowest BCUT2D eigenvalue weighted by Crippen LogP contribution is -2.17. The fourth-order valence-corrected chi connectivity index (χ4v) is 2.97. The molecule has 31 heavy (non-hydrogen) atoms. The molecule has 1 heterocycles. The van der Waals surface area contributed by atoms with Crippen LogP contribution in [-0.2, 0) is 11.0 Å². The van der Waals surface area contributed by atoms with Crippen LogP contribution >= 0.6 is 0 Å². The van der Waals surface area contributed by atoms with Gasteiger partial charge >= 0.3 is 6.18 Å². The Morgan fingerprint density at radius 1 is 1.03 bits per heavy atom. The van der Waals surface area contributed by atoms with E-state index in [1.807, 2.05) is 12.1 Å². The summed E-state index contributed by atoms with van der Waals surface area (Å²) in [6, 6.07) is 13.6. The van der Waals surface area contributed by atoms with Gasteiger partial charge in [-0.1, -0.05) is 24.3 Å². The minimum atomic E-state index is -4.65. The van der Waals surface area contributed by atoms with Crippen molar-refractivity contribution in [3.63, 3.8) is 0 Å². The van der Waals surface area contributed by atoms with E-state index in [9.17, 15) is 22.8 Å². The number of nitrogens with zero attached hydrogens (tertiary/aromatic N) is 1. The van der Waals surface area contributed by atoms with Gasteiger partial charge in [-0.25, -0.2) is 0 Å². The highest BCUT2D eigenvalue weighted by Crippen LogP contribution is 2.38. The van der Waals surface area contributed by atoms with Crippen molar-refractivity contribution >= 4 is 17.4 Å². The average molecular weight is 428 g/mol. The van der Waals surface area contributed by atoms with E-state index in [1.54, 1.807) is 43.6 Å². The number of alkyl halides is 3. The number of carbonyl (C=O) groups is 2. The zero-order valence-corrected chi connectivity index (χ0v) is 16.6. The summed E-state index contributed by atoms with van der Waals surface area (Å²) in [6.07, 6.45) is -1.87. The van der Waals surface area contributed by atoms with Gasteiger partial charge in [0.2, 0.25) is 5.91 Å². The number of anilines is 1. The number of benzene rings is 2. The first-order chi connectivity index (χ1) is 14.8. The topological polar surface area (TPSA) is 68.3 Å². The highest BCUT2D eigenvalue weighted by Gasteiger charge is 2.34. The van der Waals surface area contributed by atoms with Crippen molar-refractivity contribution in [2.75, 3.05) is 11.9 Å². The van der Waals surface area contributed by atoms with Gasteiger partial charge in [0, 0.05) is 29.2 Å². The smallest absolute Gasteiger partial charge is 0.420 e. The van der Waals surface area contributed by atoms with Crippen LogP contribution in [0, 0.1) is 0 Å². The molecule has 0 spiro atoms. The van der Waals surface area contributed by atoms with Crippen LogP contribution in [0.3, 0.4) is 0 Å². The molecule has 0 saturated heterocycles. The number of ketones is 1. The molecule has 1 N–H and O–H groups in total. The number of hydrogen-bond donors (Lipinski definition) is 1. The number of rotatable bonds is 7. The number of ether oxygens (including phenoxy) is 1. The van der Waals surface area contributed by atoms with Crippen LogP contribution in [0.1, 0.15) is 29.3 Å². The number of amides is 1. The van der Waals surface area contributed by atoms with Gasteiger partial charge in [-0.3, -0.25) is 14.6 Å². The third kappa shape index (κ3) is 5.69. The lowest BCUT2D eigenvalue weighted by molar-refractivity contribution is -0.138. The van der Waals surface area contributed by atoms with Gasteiger partial charge in [0.1, 0.15) is 5.75 Å². The van der Waals surface area contributed by atoms with E-state index < -0.39 is 29.9 Å². The summed E-state index contributed by atoms with van der Waals surface area (Å²) in [5, 5.41) is 2.35. The summed E-state index contributed by atoms with van der Waals surface area (Å²) in [4.78, 5) is 28.8. The van der Waals surface area contributed by atoms with Gasteiger partial charge in [0.15, 0.2) is 5.78 Å². The standard InChI is InChI=1S/C23H19F3N2O3/c1-2-31-21-9-8-18(12-19(21)23(24,25)26)28-22(30)13-20(29)16-6-3-5-15(11-16)17-7-4-10-27-14-17/h3-12,14H,2,13H2,1H3,(H,28,30). The molecule has 1 aromatic heterocycles. The van der Waals surface area contributed by atoms with Crippen LogP contribution in [0.4, 0.5) is 18.9 Å². The number of hydrogen-bond acceptors (Lipinski definition) is 4. The van der Waals surface area contributed by atoms with Crippen molar-refractivity contribution in [2.45, 2.75) is 19.5 Å². The van der Waals surface area contributed by atoms with Crippen LogP contribution < -0.4 is 10.1 Å². The number of pyridine rings is 1. The van der Waals surface area contributed by atoms with Gasteiger partial charge in [-0.15, -0.1) is 0 Å². The van der Waals surface area contributed by atoms with E-state index in [2.05, 4.69) is 10.3 Å². The van der Waals surface area contributed by atoms with Gasteiger partial charge in [0.05, 0.1) is 18.6 Å². The Labute approximate surface area is 176 Å². The predicted octanol–water partition coefficient (Wildman–Crippen LogP) is 5.38. The summed E-state index contributed by atoms with van der Waals surface area (Å²) in [7, 11) is 0. The minimum absolute atomic E-state index is 0.0708. The number of Topliss-reactive ketones (excluding diaryl/α,β-unsaturated/α-hetero) is 1. The van der Waals surface area contributed by atoms with Crippen molar-refractivity contribution in [2.24, 2.45) is 0 Å².